The number of benzene rings is 1. The Labute approximate surface area is 122 Å². The maximum Gasteiger partial charge on any atom is 0.159 e. The van der Waals surface area contributed by atoms with Gasteiger partial charge < -0.3 is 9.47 Å². The van der Waals surface area contributed by atoms with Crippen molar-refractivity contribution in [3.63, 3.8) is 0 Å². The molecule has 2 atom stereocenters. The average molecular weight is 296 g/mol. The van der Waals surface area contributed by atoms with Crippen molar-refractivity contribution in [1.29, 1.82) is 0 Å². The summed E-state index contributed by atoms with van der Waals surface area (Å²) in [5, 5.41) is 0. The Bertz CT molecular complexity index is 538. The second kappa shape index (κ2) is 5.81. The number of carbonyl (C=O) groups excluding carboxylic acids is 1. The molecule has 0 aliphatic carbocycles. The van der Waals surface area contributed by atoms with E-state index in [1.165, 1.54) is 6.07 Å². The van der Waals surface area contributed by atoms with E-state index >= 15 is 0 Å². The summed E-state index contributed by atoms with van der Waals surface area (Å²) in [6, 6.07) is 3.62. The molecule has 3 rings (SSSR count). The van der Waals surface area contributed by atoms with Crippen LogP contribution in [-0.2, 0) is 20.7 Å². The molecule has 2 aliphatic rings. The van der Waals surface area contributed by atoms with Gasteiger partial charge in [-0.1, -0.05) is 6.07 Å². The van der Waals surface area contributed by atoms with Gasteiger partial charge in [0.1, 0.15) is 5.78 Å². The van der Waals surface area contributed by atoms with Crippen molar-refractivity contribution in [3.8, 4) is 0 Å². The van der Waals surface area contributed by atoms with Crippen molar-refractivity contribution in [2.24, 2.45) is 5.92 Å². The molecule has 0 saturated carbocycles. The van der Waals surface area contributed by atoms with Crippen molar-refractivity contribution < 1.29 is 23.0 Å². The largest absolute Gasteiger partial charge is 0.378 e. The van der Waals surface area contributed by atoms with E-state index in [-0.39, 0.29) is 23.7 Å². The number of ether oxygens (including phenoxy) is 2. The van der Waals surface area contributed by atoms with Crippen LogP contribution < -0.4 is 0 Å². The molecule has 114 valence electrons. The molecule has 0 bridgehead atoms. The number of hydrogen-bond acceptors (Lipinski definition) is 3. The minimum absolute atomic E-state index is 0.0654. The highest BCUT2D eigenvalue weighted by Crippen LogP contribution is 2.36. The highest BCUT2D eigenvalue weighted by atomic mass is 19.2. The summed E-state index contributed by atoms with van der Waals surface area (Å²) in [6.45, 7) is 1.77. The van der Waals surface area contributed by atoms with Crippen LogP contribution in [0.3, 0.4) is 0 Å². The summed E-state index contributed by atoms with van der Waals surface area (Å²) in [5.74, 6) is -1.82. The molecule has 0 amide bonds. The van der Waals surface area contributed by atoms with Gasteiger partial charge in [-0.3, -0.25) is 4.79 Å². The number of ketones is 1. The second-order valence-electron chi connectivity index (χ2n) is 5.92. The lowest BCUT2D eigenvalue weighted by Gasteiger charge is -2.36. The van der Waals surface area contributed by atoms with E-state index in [4.69, 9.17) is 9.47 Å². The van der Waals surface area contributed by atoms with E-state index in [0.717, 1.165) is 18.6 Å². The lowest BCUT2D eigenvalue weighted by molar-refractivity contribution is -0.136. The molecule has 1 spiro atoms. The van der Waals surface area contributed by atoms with Crippen LogP contribution in [0.5, 0.6) is 0 Å². The Kier molecular flexibility index (Phi) is 4.04. The van der Waals surface area contributed by atoms with Gasteiger partial charge in [0.2, 0.25) is 0 Å². The van der Waals surface area contributed by atoms with Crippen LogP contribution >= 0.6 is 0 Å². The van der Waals surface area contributed by atoms with Crippen LogP contribution in [0.4, 0.5) is 8.78 Å². The molecule has 2 heterocycles. The topological polar surface area (TPSA) is 35.5 Å². The second-order valence-corrected chi connectivity index (χ2v) is 5.92. The monoisotopic (exact) mass is 296 g/mol. The van der Waals surface area contributed by atoms with Crippen molar-refractivity contribution in [3.05, 3.63) is 35.4 Å². The SMILES string of the molecule is O=C(Cc1ccc(F)c(F)c1)C1CCOC2(CCOC2)C1. The molecule has 0 aromatic heterocycles. The molecule has 2 saturated heterocycles. The van der Waals surface area contributed by atoms with E-state index < -0.39 is 11.6 Å². The Morgan fingerprint density at radius 3 is 2.86 bits per heavy atom. The van der Waals surface area contributed by atoms with Gasteiger partial charge in [0, 0.05) is 32.0 Å². The Morgan fingerprint density at radius 2 is 2.14 bits per heavy atom. The summed E-state index contributed by atoms with van der Waals surface area (Å²) in [5.41, 5.74) is 0.203. The summed E-state index contributed by atoms with van der Waals surface area (Å²) >= 11 is 0. The fourth-order valence-electron chi connectivity index (χ4n) is 3.16. The molecule has 3 nitrogen and oxygen atoms in total. The van der Waals surface area contributed by atoms with Gasteiger partial charge in [-0.05, 0) is 30.5 Å². The first-order valence-corrected chi connectivity index (χ1v) is 7.26. The van der Waals surface area contributed by atoms with Crippen LogP contribution in [-0.4, -0.2) is 31.2 Å². The summed E-state index contributed by atoms with van der Waals surface area (Å²) in [7, 11) is 0. The molecule has 1 aromatic rings. The highest BCUT2D eigenvalue weighted by Gasteiger charge is 2.42. The molecular weight excluding hydrogens is 278 g/mol. The summed E-state index contributed by atoms with van der Waals surface area (Å²) < 4.78 is 37.3. The predicted octanol–water partition coefficient (Wildman–Crippen LogP) is 2.66. The van der Waals surface area contributed by atoms with E-state index in [1.54, 1.807) is 0 Å². The third kappa shape index (κ3) is 3.14. The van der Waals surface area contributed by atoms with Crippen LogP contribution in [0.15, 0.2) is 18.2 Å². The maximum absolute atomic E-state index is 13.2. The molecule has 1 aromatic carbocycles. The molecule has 5 heteroatoms. The van der Waals surface area contributed by atoms with Crippen molar-refractivity contribution in [2.45, 2.75) is 31.3 Å². The summed E-state index contributed by atoms with van der Waals surface area (Å²) in [4.78, 5) is 12.4. The number of hydrogen-bond donors (Lipinski definition) is 0. The first-order valence-electron chi connectivity index (χ1n) is 7.26. The zero-order valence-corrected chi connectivity index (χ0v) is 11.7. The van der Waals surface area contributed by atoms with Gasteiger partial charge in [-0.25, -0.2) is 8.78 Å². The van der Waals surface area contributed by atoms with Crippen molar-refractivity contribution in [2.75, 3.05) is 19.8 Å². The zero-order valence-electron chi connectivity index (χ0n) is 11.7. The van der Waals surface area contributed by atoms with Gasteiger partial charge in [0.05, 0.1) is 12.2 Å². The normalized spacial score (nSPS) is 29.0. The number of carbonyl (C=O) groups is 1. The average Bonchev–Trinajstić information content (AvgIpc) is 2.91. The van der Waals surface area contributed by atoms with Crippen LogP contribution in [0.25, 0.3) is 0 Å². The van der Waals surface area contributed by atoms with Crippen LogP contribution in [0.1, 0.15) is 24.8 Å². The zero-order chi connectivity index (χ0) is 14.9. The smallest absolute Gasteiger partial charge is 0.159 e. The predicted molar refractivity (Wildman–Crippen MR) is 71.9 cm³/mol. The van der Waals surface area contributed by atoms with Crippen molar-refractivity contribution in [1.82, 2.24) is 0 Å². The third-order valence-corrected chi connectivity index (χ3v) is 4.38. The molecule has 2 unspecified atom stereocenters. The Morgan fingerprint density at radius 1 is 1.29 bits per heavy atom. The van der Waals surface area contributed by atoms with Crippen molar-refractivity contribution >= 4 is 5.78 Å². The van der Waals surface area contributed by atoms with Gasteiger partial charge in [0.15, 0.2) is 11.6 Å². The fraction of sp³-hybridized carbons (Fsp3) is 0.562. The standard InChI is InChI=1S/C16H18F2O3/c17-13-2-1-11(7-14(13)18)8-15(19)12-3-5-21-16(9-12)4-6-20-10-16/h1-2,7,12H,3-6,8-10H2. The van der Waals surface area contributed by atoms with Gasteiger partial charge in [-0.15, -0.1) is 0 Å². The lowest BCUT2D eigenvalue weighted by atomic mass is 9.81. The van der Waals surface area contributed by atoms with Gasteiger partial charge in [0.25, 0.3) is 0 Å². The quantitative estimate of drug-likeness (QED) is 0.860. The summed E-state index contributed by atoms with van der Waals surface area (Å²) in [6.07, 6.45) is 2.31. The molecule has 21 heavy (non-hydrogen) atoms. The van der Waals surface area contributed by atoms with E-state index in [0.29, 0.717) is 38.2 Å². The molecular formula is C16H18F2O3. The molecule has 0 radical (unpaired) electrons. The van der Waals surface area contributed by atoms with Gasteiger partial charge in [-0.2, -0.15) is 0 Å². The van der Waals surface area contributed by atoms with E-state index in [9.17, 15) is 13.6 Å². The van der Waals surface area contributed by atoms with Crippen LogP contribution in [0.2, 0.25) is 0 Å². The Hall–Kier alpha value is -1.33. The number of rotatable bonds is 3. The highest BCUT2D eigenvalue weighted by molar-refractivity contribution is 5.83. The van der Waals surface area contributed by atoms with Gasteiger partial charge >= 0.3 is 0 Å². The Balaban J connectivity index is 1.65. The van der Waals surface area contributed by atoms with Crippen LogP contribution in [0, 0.1) is 17.6 Å². The van der Waals surface area contributed by atoms with E-state index in [2.05, 4.69) is 0 Å². The minimum Gasteiger partial charge on any atom is -0.378 e. The van der Waals surface area contributed by atoms with E-state index in [1.807, 2.05) is 0 Å². The third-order valence-electron chi connectivity index (χ3n) is 4.38. The molecule has 2 fully saturated rings. The maximum atomic E-state index is 13.2. The molecule has 2 aliphatic heterocycles. The number of halogens is 2. The fourth-order valence-corrected chi connectivity index (χ4v) is 3.16. The minimum atomic E-state index is -0.909. The molecule has 0 N–H and O–H groups in total. The first-order chi connectivity index (χ1) is 10.1. The first kappa shape index (κ1) is 14.6. The number of Topliss-reactive ketones (excluding diaryl/α,β-unsaturated/α-hetero) is 1. The lowest BCUT2D eigenvalue weighted by Crippen LogP contribution is -2.42.